The number of anilines is 1. The summed E-state index contributed by atoms with van der Waals surface area (Å²) in [6.07, 6.45) is 2.78. The van der Waals surface area contributed by atoms with Gasteiger partial charge in [-0.05, 0) is 56.4 Å². The summed E-state index contributed by atoms with van der Waals surface area (Å²) in [7, 11) is 3.95. The van der Waals surface area contributed by atoms with Crippen molar-refractivity contribution in [2.45, 2.75) is 19.4 Å². The quantitative estimate of drug-likeness (QED) is 0.660. The van der Waals surface area contributed by atoms with Crippen LogP contribution in [0.2, 0.25) is 5.02 Å². The molecule has 0 saturated carbocycles. The van der Waals surface area contributed by atoms with E-state index >= 15 is 0 Å². The summed E-state index contributed by atoms with van der Waals surface area (Å²) in [4.78, 5) is 27.2. The molecule has 1 heterocycles. The van der Waals surface area contributed by atoms with E-state index in [2.05, 4.69) is 5.32 Å². The van der Waals surface area contributed by atoms with Gasteiger partial charge in [-0.3, -0.25) is 9.59 Å². The monoisotopic (exact) mass is 397 g/mol. The number of carbonyl (C=O) groups is 1. The second-order valence-corrected chi connectivity index (χ2v) is 7.50. The van der Waals surface area contributed by atoms with Crippen molar-refractivity contribution in [2.75, 3.05) is 26.0 Å². The highest BCUT2D eigenvalue weighted by molar-refractivity contribution is 6.30. The molecule has 0 atom stereocenters. The fraction of sp³-hybridized carbons (Fsp3) is 0.273. The molecule has 0 spiro atoms. The van der Waals surface area contributed by atoms with Gasteiger partial charge in [-0.15, -0.1) is 0 Å². The molecule has 0 unspecified atom stereocenters. The molecule has 1 N–H and O–H groups in total. The number of likely N-dealkylation sites (N-methyl/N-ethyl adjacent to an activating group) is 1. The Labute approximate surface area is 169 Å². The van der Waals surface area contributed by atoms with Gasteiger partial charge < -0.3 is 14.8 Å². The van der Waals surface area contributed by atoms with E-state index in [0.29, 0.717) is 35.5 Å². The summed E-state index contributed by atoms with van der Waals surface area (Å²) in [5.74, 6) is -0.0840. The third-order valence-corrected chi connectivity index (χ3v) is 4.89. The predicted octanol–water partition coefficient (Wildman–Crippen LogP) is 3.79. The summed E-state index contributed by atoms with van der Waals surface area (Å²) in [5, 5.41) is 4.99. The largest absolute Gasteiger partial charge is 0.326 e. The Kier molecular flexibility index (Phi) is 6.49. The molecule has 3 rings (SSSR count). The zero-order chi connectivity index (χ0) is 20.1. The molecule has 6 heteroatoms. The number of rotatable bonds is 7. The molecule has 0 aliphatic rings. The average Bonchev–Trinajstić information content (AvgIpc) is 2.67. The minimum atomic E-state index is -0.0840. The van der Waals surface area contributed by atoms with Gasteiger partial charge in [0.2, 0.25) is 5.91 Å². The molecule has 0 bridgehead atoms. The molecule has 0 radical (unpaired) electrons. The van der Waals surface area contributed by atoms with E-state index in [4.69, 9.17) is 11.6 Å². The van der Waals surface area contributed by atoms with Crippen molar-refractivity contribution in [1.29, 1.82) is 0 Å². The molecule has 0 aliphatic heterocycles. The normalized spacial score (nSPS) is 11.1. The number of fused-ring (bicyclic) bond motifs is 1. The number of benzene rings is 2. The van der Waals surface area contributed by atoms with Crippen molar-refractivity contribution >= 4 is 34.0 Å². The lowest BCUT2D eigenvalue weighted by Crippen LogP contribution is -2.26. The molecule has 5 nitrogen and oxygen atoms in total. The second-order valence-electron chi connectivity index (χ2n) is 7.06. The van der Waals surface area contributed by atoms with Crippen LogP contribution in [0.15, 0.2) is 59.5 Å². The number of pyridine rings is 1. The molecule has 2 aromatic carbocycles. The van der Waals surface area contributed by atoms with Crippen molar-refractivity contribution in [2.24, 2.45) is 0 Å². The molecule has 0 aliphatic carbocycles. The van der Waals surface area contributed by atoms with Crippen LogP contribution in [0.3, 0.4) is 0 Å². The van der Waals surface area contributed by atoms with Gasteiger partial charge in [0.1, 0.15) is 0 Å². The number of carbonyl (C=O) groups excluding carboxylic acids is 1. The van der Waals surface area contributed by atoms with Gasteiger partial charge in [-0.1, -0.05) is 29.8 Å². The smallest absolute Gasteiger partial charge is 0.258 e. The first-order valence-corrected chi connectivity index (χ1v) is 9.63. The second kappa shape index (κ2) is 9.04. The Morgan fingerprint density at radius 3 is 2.54 bits per heavy atom. The third-order valence-electron chi connectivity index (χ3n) is 4.63. The van der Waals surface area contributed by atoms with Crippen LogP contribution in [0.25, 0.3) is 10.8 Å². The maximum Gasteiger partial charge on any atom is 0.258 e. The lowest BCUT2D eigenvalue weighted by atomic mass is 10.1. The van der Waals surface area contributed by atoms with Crippen molar-refractivity contribution in [1.82, 2.24) is 9.47 Å². The Bertz CT molecular complexity index is 1030. The Morgan fingerprint density at radius 2 is 1.82 bits per heavy atom. The Morgan fingerprint density at radius 1 is 1.07 bits per heavy atom. The average molecular weight is 398 g/mol. The Balaban J connectivity index is 1.73. The maximum atomic E-state index is 12.7. The number of aryl methyl sites for hydroxylation is 1. The van der Waals surface area contributed by atoms with E-state index in [9.17, 15) is 9.59 Å². The number of hydrogen-bond donors (Lipinski definition) is 1. The van der Waals surface area contributed by atoms with E-state index in [1.807, 2.05) is 55.4 Å². The van der Waals surface area contributed by atoms with Crippen molar-refractivity contribution in [3.63, 3.8) is 0 Å². The summed E-state index contributed by atoms with van der Waals surface area (Å²) in [6.45, 7) is 1.41. The number of aromatic nitrogens is 1. The van der Waals surface area contributed by atoms with Crippen LogP contribution in [0.4, 0.5) is 5.69 Å². The van der Waals surface area contributed by atoms with Gasteiger partial charge in [0.25, 0.3) is 5.56 Å². The van der Waals surface area contributed by atoms with Crippen LogP contribution in [-0.2, 0) is 17.8 Å². The number of nitrogens with zero attached hydrogens (tertiary/aromatic N) is 2. The molecule has 28 heavy (non-hydrogen) atoms. The van der Waals surface area contributed by atoms with Crippen molar-refractivity contribution in [3.8, 4) is 0 Å². The first kappa shape index (κ1) is 20.1. The minimum absolute atomic E-state index is 0.0448. The first-order chi connectivity index (χ1) is 13.4. The standard InChI is InChI=1S/C22H24ClN3O2/c1-25(2)14-15-26-13-12-18-19(22(26)28)4-3-5-20(18)24-21(27)11-8-16-6-9-17(23)10-7-16/h3-7,9-10,12-13H,8,11,14-15H2,1-2H3,(H,24,27). The fourth-order valence-electron chi connectivity index (χ4n) is 3.03. The predicted molar refractivity (Wildman–Crippen MR) is 115 cm³/mol. The Hall–Kier alpha value is -2.63. The minimum Gasteiger partial charge on any atom is -0.326 e. The zero-order valence-electron chi connectivity index (χ0n) is 16.1. The van der Waals surface area contributed by atoms with Crippen LogP contribution in [0.5, 0.6) is 0 Å². The lowest BCUT2D eigenvalue weighted by molar-refractivity contribution is -0.116. The fourth-order valence-corrected chi connectivity index (χ4v) is 3.16. The van der Waals surface area contributed by atoms with Crippen LogP contribution >= 0.6 is 11.6 Å². The molecule has 0 fully saturated rings. The van der Waals surface area contributed by atoms with Gasteiger partial charge in [-0.25, -0.2) is 0 Å². The molecule has 1 amide bonds. The highest BCUT2D eigenvalue weighted by Gasteiger charge is 2.10. The molecular formula is C22H24ClN3O2. The lowest BCUT2D eigenvalue weighted by Gasteiger charge is -2.13. The molecule has 146 valence electrons. The molecule has 1 aromatic heterocycles. The van der Waals surface area contributed by atoms with E-state index in [0.717, 1.165) is 17.5 Å². The van der Waals surface area contributed by atoms with Crippen LogP contribution in [0, 0.1) is 0 Å². The van der Waals surface area contributed by atoms with Crippen molar-refractivity contribution < 1.29 is 4.79 Å². The summed E-state index contributed by atoms with van der Waals surface area (Å²) in [5.41, 5.74) is 1.67. The third kappa shape index (κ3) is 5.00. The van der Waals surface area contributed by atoms with Gasteiger partial charge in [0.05, 0.1) is 0 Å². The first-order valence-electron chi connectivity index (χ1n) is 9.25. The van der Waals surface area contributed by atoms with Crippen LogP contribution in [-0.4, -0.2) is 36.0 Å². The maximum absolute atomic E-state index is 12.7. The van der Waals surface area contributed by atoms with Gasteiger partial charge >= 0.3 is 0 Å². The summed E-state index contributed by atoms with van der Waals surface area (Å²) in [6, 6.07) is 14.8. The van der Waals surface area contributed by atoms with Gasteiger partial charge in [0, 0.05) is 47.2 Å². The number of halogens is 1. The van der Waals surface area contributed by atoms with E-state index in [-0.39, 0.29) is 11.5 Å². The molecule has 3 aromatic rings. The number of amides is 1. The zero-order valence-corrected chi connectivity index (χ0v) is 16.9. The summed E-state index contributed by atoms with van der Waals surface area (Å²) < 4.78 is 1.70. The van der Waals surface area contributed by atoms with Gasteiger partial charge in [0.15, 0.2) is 0 Å². The van der Waals surface area contributed by atoms with Crippen LogP contribution in [0.1, 0.15) is 12.0 Å². The van der Waals surface area contributed by atoms with Crippen molar-refractivity contribution in [3.05, 3.63) is 75.7 Å². The van der Waals surface area contributed by atoms with E-state index in [1.54, 1.807) is 22.9 Å². The summed E-state index contributed by atoms with van der Waals surface area (Å²) >= 11 is 5.89. The van der Waals surface area contributed by atoms with E-state index < -0.39 is 0 Å². The molecule has 0 saturated heterocycles. The highest BCUT2D eigenvalue weighted by Crippen LogP contribution is 2.21. The topological polar surface area (TPSA) is 54.3 Å². The van der Waals surface area contributed by atoms with E-state index in [1.165, 1.54) is 0 Å². The highest BCUT2D eigenvalue weighted by atomic mass is 35.5. The number of nitrogens with one attached hydrogen (secondary N) is 1. The van der Waals surface area contributed by atoms with Crippen LogP contribution < -0.4 is 10.9 Å². The number of hydrogen-bond acceptors (Lipinski definition) is 3. The SMILES string of the molecule is CN(C)CCn1ccc2c(NC(=O)CCc3ccc(Cl)cc3)cccc2c1=O. The van der Waals surface area contributed by atoms with Gasteiger partial charge in [-0.2, -0.15) is 0 Å². The molecular weight excluding hydrogens is 374 g/mol.